The minimum absolute atomic E-state index is 0.00557. The van der Waals surface area contributed by atoms with Gasteiger partial charge in [-0.25, -0.2) is 22.9 Å². The molecule has 0 bridgehead atoms. The highest BCUT2D eigenvalue weighted by Gasteiger charge is 2.35. The van der Waals surface area contributed by atoms with Crippen LogP contribution in [0.15, 0.2) is 36.8 Å². The Morgan fingerprint density at radius 1 is 1.06 bits per heavy atom. The van der Waals surface area contributed by atoms with Gasteiger partial charge in [0.2, 0.25) is 5.92 Å². The van der Waals surface area contributed by atoms with Crippen LogP contribution in [0.2, 0.25) is 0 Å². The Morgan fingerprint density at radius 2 is 1.82 bits per heavy atom. The van der Waals surface area contributed by atoms with Gasteiger partial charge in [0.25, 0.3) is 0 Å². The van der Waals surface area contributed by atoms with Gasteiger partial charge in [-0.1, -0.05) is 0 Å². The van der Waals surface area contributed by atoms with E-state index >= 15 is 0 Å². The maximum absolute atomic E-state index is 13.9. The Kier molecular flexibility index (Phi) is 6.16. The number of pyridine rings is 2. The van der Waals surface area contributed by atoms with Gasteiger partial charge in [-0.15, -0.1) is 0 Å². The van der Waals surface area contributed by atoms with Gasteiger partial charge in [-0.2, -0.15) is 0 Å². The summed E-state index contributed by atoms with van der Waals surface area (Å²) >= 11 is 0. The summed E-state index contributed by atoms with van der Waals surface area (Å²) in [7, 11) is 0. The lowest BCUT2D eigenvalue weighted by Gasteiger charge is -2.27. The highest BCUT2D eigenvalue weighted by molar-refractivity contribution is 6.05. The Morgan fingerprint density at radius 3 is 2.53 bits per heavy atom. The van der Waals surface area contributed by atoms with E-state index in [1.807, 2.05) is 10.8 Å². The second kappa shape index (κ2) is 9.25. The molecule has 0 radical (unpaired) electrons. The second-order valence-electron chi connectivity index (χ2n) is 9.14. The summed E-state index contributed by atoms with van der Waals surface area (Å²) in [6.45, 7) is 1.78. The molecule has 1 saturated heterocycles. The molecule has 0 aromatic carbocycles. The molecule has 4 heterocycles. The second-order valence-corrected chi connectivity index (χ2v) is 9.14. The standard InChI is InChI=1S/C24H27F3N6O/c25-16-11-19-21(14-33(22(19)30-12-16)18-5-9-28-10-6-18)32-23(34)31-17-1-2-20(29-13-17)15-3-7-24(26,27)8-4-15/h1-2,11-15,18,28H,3-10H2,(H2,31,32,34). The molecule has 0 unspecified atom stereocenters. The number of carbonyl (C=O) groups is 1. The Bertz CT molecular complexity index is 1160. The number of urea groups is 1. The van der Waals surface area contributed by atoms with E-state index in [0.29, 0.717) is 35.2 Å². The predicted molar refractivity (Wildman–Crippen MR) is 124 cm³/mol. The fourth-order valence-electron chi connectivity index (χ4n) is 4.91. The van der Waals surface area contributed by atoms with Crippen LogP contribution in [0.1, 0.15) is 56.2 Å². The smallest absolute Gasteiger partial charge is 0.323 e. The van der Waals surface area contributed by atoms with Crippen molar-refractivity contribution in [2.75, 3.05) is 23.7 Å². The summed E-state index contributed by atoms with van der Waals surface area (Å²) in [6, 6.07) is 4.59. The number of hydrogen-bond acceptors (Lipinski definition) is 4. The highest BCUT2D eigenvalue weighted by atomic mass is 19.3. The van der Waals surface area contributed by atoms with Gasteiger partial charge >= 0.3 is 6.03 Å². The van der Waals surface area contributed by atoms with Gasteiger partial charge in [0, 0.05) is 42.1 Å². The fraction of sp³-hybridized carbons (Fsp3) is 0.458. The summed E-state index contributed by atoms with van der Waals surface area (Å²) in [5, 5.41) is 9.40. The van der Waals surface area contributed by atoms with Crippen molar-refractivity contribution in [3.63, 3.8) is 0 Å². The third-order valence-corrected chi connectivity index (χ3v) is 6.77. The lowest BCUT2D eigenvalue weighted by atomic mass is 9.84. The summed E-state index contributed by atoms with van der Waals surface area (Å²) in [5.41, 5.74) is 2.35. The first-order chi connectivity index (χ1) is 16.4. The molecular weight excluding hydrogens is 445 g/mol. The summed E-state index contributed by atoms with van der Waals surface area (Å²) in [5.74, 6) is -3.05. The summed E-state index contributed by atoms with van der Waals surface area (Å²) in [4.78, 5) is 21.3. The first-order valence-electron chi connectivity index (χ1n) is 11.7. The van der Waals surface area contributed by atoms with Crippen LogP contribution in [-0.2, 0) is 0 Å². The lowest BCUT2D eigenvalue weighted by Crippen LogP contribution is -2.29. The third-order valence-electron chi connectivity index (χ3n) is 6.77. The number of piperidine rings is 1. The number of alkyl halides is 2. The molecular formula is C24H27F3N6O. The largest absolute Gasteiger partial charge is 0.327 e. The van der Waals surface area contributed by atoms with Crippen molar-refractivity contribution in [2.45, 2.75) is 56.4 Å². The number of halogens is 3. The number of amides is 2. The van der Waals surface area contributed by atoms with E-state index in [9.17, 15) is 18.0 Å². The van der Waals surface area contributed by atoms with Crippen molar-refractivity contribution < 1.29 is 18.0 Å². The molecule has 3 aromatic rings. The number of nitrogens with zero attached hydrogens (tertiary/aromatic N) is 3. The van der Waals surface area contributed by atoms with Crippen molar-refractivity contribution in [3.05, 3.63) is 48.3 Å². The van der Waals surface area contributed by atoms with E-state index < -0.39 is 17.8 Å². The van der Waals surface area contributed by atoms with Crippen molar-refractivity contribution in [1.29, 1.82) is 0 Å². The SMILES string of the molecule is O=C(Nc1ccc(C2CCC(F)(F)CC2)nc1)Nc1cn(C2CCNCC2)c2ncc(F)cc12. The molecule has 1 aliphatic heterocycles. The number of rotatable bonds is 4. The van der Waals surface area contributed by atoms with Crippen molar-refractivity contribution >= 4 is 28.4 Å². The molecule has 5 rings (SSSR count). The van der Waals surface area contributed by atoms with Gasteiger partial charge in [0.1, 0.15) is 11.5 Å². The van der Waals surface area contributed by atoms with Gasteiger partial charge < -0.3 is 20.5 Å². The average molecular weight is 473 g/mol. The molecule has 0 spiro atoms. The Labute approximate surface area is 195 Å². The molecule has 7 nitrogen and oxygen atoms in total. The van der Waals surface area contributed by atoms with E-state index in [-0.39, 0.29) is 24.8 Å². The van der Waals surface area contributed by atoms with Gasteiger partial charge in [-0.05, 0) is 57.0 Å². The van der Waals surface area contributed by atoms with Crippen LogP contribution in [0, 0.1) is 5.82 Å². The number of fused-ring (bicyclic) bond motifs is 1. The number of hydrogen-bond donors (Lipinski definition) is 3. The van der Waals surface area contributed by atoms with E-state index in [4.69, 9.17) is 0 Å². The van der Waals surface area contributed by atoms with E-state index in [0.717, 1.165) is 31.6 Å². The molecule has 2 aliphatic rings. The molecule has 2 fully saturated rings. The van der Waals surface area contributed by atoms with Crippen molar-refractivity contribution in [2.24, 2.45) is 0 Å². The van der Waals surface area contributed by atoms with Crippen LogP contribution in [0.4, 0.5) is 29.3 Å². The van der Waals surface area contributed by atoms with Crippen LogP contribution in [0.25, 0.3) is 11.0 Å². The van der Waals surface area contributed by atoms with E-state index in [1.54, 1.807) is 12.1 Å². The van der Waals surface area contributed by atoms with Crippen LogP contribution < -0.4 is 16.0 Å². The normalized spacial score (nSPS) is 19.3. The summed E-state index contributed by atoms with van der Waals surface area (Å²) in [6.07, 6.45) is 6.93. The van der Waals surface area contributed by atoms with Gasteiger partial charge in [0.15, 0.2) is 0 Å². The van der Waals surface area contributed by atoms with Crippen molar-refractivity contribution in [1.82, 2.24) is 19.9 Å². The molecule has 180 valence electrons. The predicted octanol–water partition coefficient (Wildman–Crippen LogP) is 5.43. The molecule has 1 saturated carbocycles. The van der Waals surface area contributed by atoms with E-state index in [1.165, 1.54) is 18.5 Å². The van der Waals surface area contributed by atoms with Crippen molar-refractivity contribution in [3.8, 4) is 0 Å². The minimum atomic E-state index is -2.58. The average Bonchev–Trinajstić information content (AvgIpc) is 3.17. The quantitative estimate of drug-likeness (QED) is 0.473. The van der Waals surface area contributed by atoms with Crippen LogP contribution in [0.5, 0.6) is 0 Å². The molecule has 1 aliphatic carbocycles. The zero-order valence-corrected chi connectivity index (χ0v) is 18.7. The first kappa shape index (κ1) is 22.6. The lowest BCUT2D eigenvalue weighted by molar-refractivity contribution is -0.0384. The Hall–Kier alpha value is -3.14. The molecule has 10 heteroatoms. The number of anilines is 2. The molecule has 3 aromatic heterocycles. The highest BCUT2D eigenvalue weighted by Crippen LogP contribution is 2.40. The summed E-state index contributed by atoms with van der Waals surface area (Å²) < 4.78 is 42.7. The minimum Gasteiger partial charge on any atom is -0.327 e. The zero-order chi connectivity index (χ0) is 23.7. The first-order valence-corrected chi connectivity index (χ1v) is 11.7. The zero-order valence-electron chi connectivity index (χ0n) is 18.7. The monoisotopic (exact) mass is 472 g/mol. The van der Waals surface area contributed by atoms with Crippen LogP contribution in [-0.4, -0.2) is 39.6 Å². The maximum atomic E-state index is 13.9. The number of aromatic nitrogens is 3. The van der Waals surface area contributed by atoms with Gasteiger partial charge in [-0.3, -0.25) is 4.98 Å². The molecule has 2 amide bonds. The molecule has 0 atom stereocenters. The molecule has 34 heavy (non-hydrogen) atoms. The Balaban J connectivity index is 1.28. The molecule has 3 N–H and O–H groups in total. The number of nitrogens with one attached hydrogen (secondary N) is 3. The fourth-order valence-corrected chi connectivity index (χ4v) is 4.91. The number of carbonyl (C=O) groups excluding carboxylic acids is 1. The van der Waals surface area contributed by atoms with Crippen LogP contribution in [0.3, 0.4) is 0 Å². The van der Waals surface area contributed by atoms with E-state index in [2.05, 4.69) is 25.9 Å². The van der Waals surface area contributed by atoms with Crippen LogP contribution >= 0.6 is 0 Å². The van der Waals surface area contributed by atoms with Gasteiger partial charge in [0.05, 0.1) is 23.8 Å². The maximum Gasteiger partial charge on any atom is 0.323 e. The topological polar surface area (TPSA) is 83.9 Å². The third kappa shape index (κ3) is 4.86.